The van der Waals surface area contributed by atoms with Crippen LogP contribution in [0, 0.1) is 5.53 Å². The summed E-state index contributed by atoms with van der Waals surface area (Å²) in [7, 11) is 0. The molecule has 0 aromatic heterocycles. The molecule has 1 fully saturated rings. The fraction of sp³-hybridized carbons (Fsp3) is 0.750. The lowest BCUT2D eigenvalue weighted by Crippen LogP contribution is -1.94. The van der Waals surface area contributed by atoms with E-state index in [9.17, 15) is 0 Å². The van der Waals surface area contributed by atoms with Crippen LogP contribution >= 0.6 is 0 Å². The van der Waals surface area contributed by atoms with Crippen LogP contribution in [-0.4, -0.2) is 12.4 Å². The number of hydrogen-bond donors (Lipinski definition) is 3. The van der Waals surface area contributed by atoms with E-state index in [0.29, 0.717) is 6.04 Å². The second kappa shape index (κ2) is 5.17. The van der Waals surface area contributed by atoms with Crippen molar-refractivity contribution in [2.24, 2.45) is 21.8 Å². The van der Waals surface area contributed by atoms with E-state index in [1.807, 2.05) is 0 Å². The quantitative estimate of drug-likeness (QED) is 0.153. The van der Waals surface area contributed by atoms with Gasteiger partial charge in [-0.1, -0.05) is 0 Å². The van der Waals surface area contributed by atoms with Gasteiger partial charge < -0.3 is 11.6 Å². The molecule has 1 aliphatic carbocycles. The third kappa shape index (κ3) is 11.0. The largest absolute Gasteiger partial charge is 0.328 e. The summed E-state index contributed by atoms with van der Waals surface area (Å²) in [6.45, 7) is 0. The first-order chi connectivity index (χ1) is 4.31. The van der Waals surface area contributed by atoms with Crippen molar-refractivity contribution in [2.45, 2.75) is 18.9 Å². The zero-order valence-electron chi connectivity index (χ0n) is 5.12. The third-order valence-corrected chi connectivity index (χ3v) is 0.746. The van der Waals surface area contributed by atoms with E-state index in [2.05, 4.69) is 16.1 Å². The molecule has 1 saturated carbocycles. The summed E-state index contributed by atoms with van der Waals surface area (Å²) < 4.78 is 0. The molecule has 0 amide bonds. The molecular formula is C4H11N5. The summed E-state index contributed by atoms with van der Waals surface area (Å²) in [4.78, 5) is 0. The molecule has 0 heterocycles. The highest BCUT2D eigenvalue weighted by Gasteiger charge is 2.13. The van der Waals surface area contributed by atoms with Crippen molar-refractivity contribution in [3.05, 3.63) is 0 Å². The Labute approximate surface area is 53.6 Å². The number of nitrogens with one attached hydrogen (secondary N) is 1. The normalized spacial score (nSPS) is 16.6. The molecular weight excluding hydrogens is 118 g/mol. The summed E-state index contributed by atoms with van der Waals surface area (Å²) in [5, 5.41) is 5.56. The molecule has 0 aromatic carbocycles. The maximum absolute atomic E-state index is 6.00. The van der Waals surface area contributed by atoms with Crippen LogP contribution in [0.2, 0.25) is 0 Å². The Kier molecular flexibility index (Phi) is 4.61. The van der Waals surface area contributed by atoms with Crippen molar-refractivity contribution in [1.82, 2.24) is 0 Å². The van der Waals surface area contributed by atoms with Crippen LogP contribution in [0.25, 0.3) is 0 Å². The molecule has 5 heteroatoms. The molecule has 0 bridgehead atoms. The van der Waals surface area contributed by atoms with Crippen LogP contribution in [0.5, 0.6) is 0 Å². The Morgan fingerprint density at radius 2 is 2.00 bits per heavy atom. The average Bonchev–Trinajstić information content (AvgIpc) is 2.55. The van der Waals surface area contributed by atoms with Crippen molar-refractivity contribution in [3.63, 3.8) is 0 Å². The van der Waals surface area contributed by atoms with Crippen LogP contribution in [0.15, 0.2) is 10.2 Å². The zero-order chi connectivity index (χ0) is 7.11. The first-order valence-electron chi connectivity index (χ1n) is 2.65. The van der Waals surface area contributed by atoms with Crippen molar-refractivity contribution in [3.8, 4) is 0 Å². The van der Waals surface area contributed by atoms with Gasteiger partial charge in [0.05, 0.1) is 0 Å². The van der Waals surface area contributed by atoms with Crippen molar-refractivity contribution in [1.29, 1.82) is 5.53 Å². The standard InChI is InChI=1S/C3H7N.CH4N4/c4-3-1-2-3;2-4-1-5-3/h3H,1-2,4H2;1-2H,3H2. The molecule has 5 nitrogen and oxygen atoms in total. The minimum atomic E-state index is 0.583. The van der Waals surface area contributed by atoms with Crippen LogP contribution in [-0.2, 0) is 0 Å². The maximum Gasteiger partial charge on any atom is 0.156 e. The maximum atomic E-state index is 6.00. The summed E-state index contributed by atoms with van der Waals surface area (Å²) in [6.07, 6.45) is 3.47. The van der Waals surface area contributed by atoms with E-state index in [4.69, 9.17) is 11.3 Å². The van der Waals surface area contributed by atoms with Gasteiger partial charge in [0.15, 0.2) is 6.34 Å². The number of hydrogen-bond acceptors (Lipinski definition) is 4. The molecule has 5 N–H and O–H groups in total. The Balaban J connectivity index is 0.000000144. The molecule has 0 saturated heterocycles. The highest BCUT2D eigenvalue weighted by Crippen LogP contribution is 2.13. The predicted octanol–water partition coefficient (Wildman–Crippen LogP) is 0.0269. The van der Waals surface area contributed by atoms with Gasteiger partial charge in [0.2, 0.25) is 0 Å². The Morgan fingerprint density at radius 1 is 1.56 bits per heavy atom. The van der Waals surface area contributed by atoms with E-state index in [1.54, 1.807) is 0 Å². The lowest BCUT2D eigenvalue weighted by molar-refractivity contribution is 1.07. The zero-order valence-corrected chi connectivity index (χ0v) is 5.12. The monoisotopic (exact) mass is 129 g/mol. The summed E-state index contributed by atoms with van der Waals surface area (Å²) in [5.74, 6) is 4.49. The van der Waals surface area contributed by atoms with Crippen LogP contribution in [0.3, 0.4) is 0 Å². The van der Waals surface area contributed by atoms with Gasteiger partial charge in [-0.2, -0.15) is 5.10 Å². The number of nitrogens with zero attached hydrogens (tertiary/aromatic N) is 2. The van der Waals surface area contributed by atoms with Crippen LogP contribution < -0.4 is 11.6 Å². The Hall–Kier alpha value is -0.970. The molecule has 0 atom stereocenters. The van der Waals surface area contributed by atoms with Gasteiger partial charge in [-0.3, -0.25) is 0 Å². The smallest absolute Gasteiger partial charge is 0.156 e. The predicted molar refractivity (Wildman–Crippen MR) is 35.0 cm³/mol. The molecule has 52 valence electrons. The third-order valence-electron chi connectivity index (χ3n) is 0.746. The van der Waals surface area contributed by atoms with Gasteiger partial charge in [-0.05, 0) is 12.8 Å². The Bertz CT molecular complexity index is 95.1. The second-order valence-electron chi connectivity index (χ2n) is 1.73. The molecule has 9 heavy (non-hydrogen) atoms. The van der Waals surface area contributed by atoms with Gasteiger partial charge in [0.1, 0.15) is 0 Å². The van der Waals surface area contributed by atoms with Crippen molar-refractivity contribution < 1.29 is 0 Å². The van der Waals surface area contributed by atoms with Gasteiger partial charge in [-0.25, -0.2) is 5.53 Å². The van der Waals surface area contributed by atoms with Crippen molar-refractivity contribution >= 4 is 6.34 Å². The number of hydrazone groups is 1. The summed E-state index contributed by atoms with van der Waals surface area (Å²) in [5.41, 5.74) is 11.2. The molecule has 0 aliphatic heterocycles. The highest BCUT2D eigenvalue weighted by atomic mass is 15.2. The van der Waals surface area contributed by atoms with E-state index in [-0.39, 0.29) is 0 Å². The fourth-order valence-electron chi connectivity index (χ4n) is 0.130. The van der Waals surface area contributed by atoms with E-state index in [0.717, 1.165) is 6.34 Å². The van der Waals surface area contributed by atoms with Gasteiger partial charge in [-0.15, -0.1) is 5.11 Å². The first kappa shape index (κ1) is 8.03. The van der Waals surface area contributed by atoms with Crippen LogP contribution in [0.4, 0.5) is 0 Å². The lowest BCUT2D eigenvalue weighted by Gasteiger charge is -1.58. The average molecular weight is 129 g/mol. The lowest BCUT2D eigenvalue weighted by atomic mass is 10.8. The van der Waals surface area contributed by atoms with Gasteiger partial charge in [0.25, 0.3) is 0 Å². The number of nitrogens with two attached hydrogens (primary N) is 2. The minimum Gasteiger partial charge on any atom is -0.328 e. The molecule has 0 aromatic rings. The Morgan fingerprint density at radius 3 is 2.00 bits per heavy atom. The van der Waals surface area contributed by atoms with E-state index in [1.165, 1.54) is 12.8 Å². The van der Waals surface area contributed by atoms with E-state index >= 15 is 0 Å². The minimum absolute atomic E-state index is 0.583. The summed E-state index contributed by atoms with van der Waals surface area (Å²) in [6, 6.07) is 0.583. The molecule has 1 rings (SSSR count). The fourth-order valence-corrected chi connectivity index (χ4v) is 0.130. The van der Waals surface area contributed by atoms with Gasteiger partial charge >= 0.3 is 0 Å². The first-order valence-corrected chi connectivity index (χ1v) is 2.65. The molecule has 1 aliphatic rings. The van der Waals surface area contributed by atoms with Gasteiger partial charge in [0, 0.05) is 6.04 Å². The number of rotatable bonds is 1. The van der Waals surface area contributed by atoms with Crippen molar-refractivity contribution in [2.75, 3.05) is 0 Å². The van der Waals surface area contributed by atoms with Crippen LogP contribution in [0.1, 0.15) is 12.8 Å². The molecule has 0 radical (unpaired) electrons. The summed E-state index contributed by atoms with van der Waals surface area (Å²) >= 11 is 0. The highest BCUT2D eigenvalue weighted by molar-refractivity contribution is 5.52. The SMILES string of the molecule is N=NC=NN.NC1CC1. The molecule has 0 spiro atoms. The topological polar surface area (TPSA) is 101 Å². The van der Waals surface area contributed by atoms with E-state index < -0.39 is 0 Å². The molecule has 0 unspecified atom stereocenters. The second-order valence-corrected chi connectivity index (χ2v) is 1.73.